The SMILES string of the molecule is CCC.CCC(c1ccccc1)N(C)C(=O)C(O)C(O)C(=O)NCc1ccc(-c2ccccc2C=O)cc1.CNCc1cccc(Cl)c1. The number of nitrogens with zero attached hydrogens (tertiary/aromatic N) is 1. The van der Waals surface area contributed by atoms with Gasteiger partial charge in [-0.25, -0.2) is 0 Å². The highest BCUT2D eigenvalue weighted by atomic mass is 35.5. The molecule has 48 heavy (non-hydrogen) atoms. The van der Waals surface area contributed by atoms with Crippen LogP contribution in [0.15, 0.2) is 103 Å². The molecule has 0 radical (unpaired) electrons. The molecule has 3 unspecified atom stereocenters. The molecule has 8 nitrogen and oxygen atoms in total. The van der Waals surface area contributed by atoms with Gasteiger partial charge in [-0.3, -0.25) is 14.4 Å². The van der Waals surface area contributed by atoms with E-state index in [2.05, 4.69) is 24.5 Å². The molecule has 0 saturated carbocycles. The van der Waals surface area contributed by atoms with Crippen molar-refractivity contribution < 1.29 is 24.6 Å². The predicted octanol–water partition coefficient (Wildman–Crippen LogP) is 6.59. The van der Waals surface area contributed by atoms with Gasteiger partial charge in [0, 0.05) is 30.7 Å². The maximum absolute atomic E-state index is 12.8. The average molecular weight is 674 g/mol. The van der Waals surface area contributed by atoms with Gasteiger partial charge >= 0.3 is 0 Å². The number of hydrogen-bond acceptors (Lipinski definition) is 6. The average Bonchev–Trinajstić information content (AvgIpc) is 3.11. The number of rotatable bonds is 12. The molecular formula is C39H48ClN3O5. The zero-order chi connectivity index (χ0) is 35.5. The topological polar surface area (TPSA) is 119 Å². The molecule has 0 aromatic heterocycles. The van der Waals surface area contributed by atoms with Crippen LogP contribution in [0.25, 0.3) is 11.1 Å². The van der Waals surface area contributed by atoms with Crippen molar-refractivity contribution >= 4 is 29.7 Å². The van der Waals surface area contributed by atoms with E-state index in [9.17, 15) is 24.6 Å². The molecule has 0 saturated heterocycles. The number of hydrogen-bond donors (Lipinski definition) is 4. The van der Waals surface area contributed by atoms with E-state index in [4.69, 9.17) is 11.6 Å². The van der Waals surface area contributed by atoms with Crippen LogP contribution in [0, 0.1) is 0 Å². The van der Waals surface area contributed by atoms with E-state index in [1.54, 1.807) is 31.3 Å². The largest absolute Gasteiger partial charge is 0.380 e. The lowest BCUT2D eigenvalue weighted by Gasteiger charge is -2.30. The number of aldehydes is 1. The molecule has 256 valence electrons. The Hall–Kier alpha value is -4.34. The predicted molar refractivity (Wildman–Crippen MR) is 194 cm³/mol. The third-order valence-electron chi connectivity index (χ3n) is 7.30. The van der Waals surface area contributed by atoms with Crippen molar-refractivity contribution in [2.24, 2.45) is 0 Å². The zero-order valence-corrected chi connectivity index (χ0v) is 29.2. The molecule has 3 atom stereocenters. The van der Waals surface area contributed by atoms with Crippen LogP contribution in [-0.4, -0.2) is 59.5 Å². The molecule has 0 heterocycles. The van der Waals surface area contributed by atoms with E-state index in [-0.39, 0.29) is 12.6 Å². The molecule has 0 spiro atoms. The number of carbonyl (C=O) groups is 3. The van der Waals surface area contributed by atoms with Crippen molar-refractivity contribution in [3.05, 3.63) is 130 Å². The first-order chi connectivity index (χ1) is 23.1. The normalized spacial score (nSPS) is 12.2. The molecule has 0 aliphatic carbocycles. The van der Waals surface area contributed by atoms with Crippen LogP contribution in [0.5, 0.6) is 0 Å². The Labute approximate surface area is 289 Å². The van der Waals surface area contributed by atoms with Crippen LogP contribution in [0.3, 0.4) is 0 Å². The molecule has 0 aliphatic heterocycles. The van der Waals surface area contributed by atoms with Gasteiger partial charge in [0.05, 0.1) is 6.04 Å². The number of halogens is 1. The first kappa shape index (κ1) is 39.8. The molecule has 0 fully saturated rings. The fourth-order valence-electron chi connectivity index (χ4n) is 4.86. The fraction of sp³-hybridized carbons (Fsp3) is 0.308. The Balaban J connectivity index is 0.000000515. The van der Waals surface area contributed by atoms with Gasteiger partial charge in [0.1, 0.15) is 0 Å². The van der Waals surface area contributed by atoms with Crippen LogP contribution in [0.4, 0.5) is 0 Å². The quantitative estimate of drug-likeness (QED) is 0.126. The molecule has 4 rings (SSSR count). The van der Waals surface area contributed by atoms with Crippen molar-refractivity contribution in [1.29, 1.82) is 0 Å². The molecule has 4 aromatic carbocycles. The summed E-state index contributed by atoms with van der Waals surface area (Å²) in [5.74, 6) is -1.58. The molecule has 9 heteroatoms. The first-order valence-corrected chi connectivity index (χ1v) is 16.5. The highest BCUT2D eigenvalue weighted by molar-refractivity contribution is 6.30. The monoisotopic (exact) mass is 673 g/mol. The molecular weight excluding hydrogens is 626 g/mol. The third-order valence-corrected chi connectivity index (χ3v) is 7.53. The number of amides is 2. The van der Waals surface area contributed by atoms with E-state index in [0.29, 0.717) is 12.0 Å². The van der Waals surface area contributed by atoms with Gasteiger partial charge < -0.3 is 25.7 Å². The summed E-state index contributed by atoms with van der Waals surface area (Å²) in [4.78, 5) is 37.8. The van der Waals surface area contributed by atoms with Crippen molar-refractivity contribution in [3.8, 4) is 11.1 Å². The number of aliphatic hydroxyl groups excluding tert-OH is 2. The Morgan fingerprint density at radius 2 is 1.44 bits per heavy atom. The van der Waals surface area contributed by atoms with Gasteiger partial charge in [-0.15, -0.1) is 0 Å². The molecule has 4 aromatic rings. The smallest absolute Gasteiger partial charge is 0.254 e. The summed E-state index contributed by atoms with van der Waals surface area (Å²) in [6.07, 6.45) is -1.14. The summed E-state index contributed by atoms with van der Waals surface area (Å²) in [5.41, 5.74) is 5.12. The van der Waals surface area contributed by atoms with Crippen molar-refractivity contribution in [2.75, 3.05) is 14.1 Å². The van der Waals surface area contributed by atoms with Gasteiger partial charge in [0.15, 0.2) is 18.5 Å². The summed E-state index contributed by atoms with van der Waals surface area (Å²) in [7, 11) is 3.46. The van der Waals surface area contributed by atoms with E-state index < -0.39 is 24.0 Å². The van der Waals surface area contributed by atoms with Crippen LogP contribution < -0.4 is 10.6 Å². The minimum absolute atomic E-state index is 0.101. The number of likely N-dealkylation sites (N-methyl/N-ethyl adjacent to an activating group) is 1. The van der Waals surface area contributed by atoms with Gasteiger partial charge in [-0.05, 0) is 53.4 Å². The minimum atomic E-state index is -1.91. The van der Waals surface area contributed by atoms with Crippen LogP contribution in [-0.2, 0) is 22.7 Å². The third kappa shape index (κ3) is 12.4. The van der Waals surface area contributed by atoms with E-state index in [1.807, 2.05) is 92.8 Å². The summed E-state index contributed by atoms with van der Waals surface area (Å²) in [6.45, 7) is 7.14. The van der Waals surface area contributed by atoms with Crippen molar-refractivity contribution in [1.82, 2.24) is 15.5 Å². The lowest BCUT2D eigenvalue weighted by atomic mass is 9.99. The number of aliphatic hydroxyl groups is 2. The molecule has 0 aliphatic rings. The fourth-order valence-corrected chi connectivity index (χ4v) is 5.07. The van der Waals surface area contributed by atoms with Crippen LogP contribution in [0.2, 0.25) is 5.02 Å². The second-order valence-electron chi connectivity index (χ2n) is 11.2. The van der Waals surface area contributed by atoms with Crippen LogP contribution in [0.1, 0.15) is 66.7 Å². The number of benzene rings is 4. The van der Waals surface area contributed by atoms with Gasteiger partial charge in [-0.1, -0.05) is 130 Å². The highest BCUT2D eigenvalue weighted by Crippen LogP contribution is 2.24. The maximum Gasteiger partial charge on any atom is 0.254 e. The van der Waals surface area contributed by atoms with E-state index >= 15 is 0 Å². The minimum Gasteiger partial charge on any atom is -0.380 e. The van der Waals surface area contributed by atoms with E-state index in [0.717, 1.165) is 40.1 Å². The highest BCUT2D eigenvalue weighted by Gasteiger charge is 2.34. The van der Waals surface area contributed by atoms with Gasteiger partial charge in [0.25, 0.3) is 11.8 Å². The van der Waals surface area contributed by atoms with Gasteiger partial charge in [0.2, 0.25) is 0 Å². The summed E-state index contributed by atoms with van der Waals surface area (Å²) in [6, 6.07) is 31.4. The van der Waals surface area contributed by atoms with Gasteiger partial charge in [-0.2, -0.15) is 0 Å². The van der Waals surface area contributed by atoms with Crippen molar-refractivity contribution in [3.63, 3.8) is 0 Å². The number of carbonyl (C=O) groups excluding carboxylic acids is 3. The number of nitrogens with one attached hydrogen (secondary N) is 2. The Kier molecular flexibility index (Phi) is 17.9. The second kappa shape index (κ2) is 21.5. The summed E-state index contributed by atoms with van der Waals surface area (Å²) in [5, 5.41) is 27.1. The van der Waals surface area contributed by atoms with E-state index in [1.165, 1.54) is 16.9 Å². The maximum atomic E-state index is 12.8. The second-order valence-corrected chi connectivity index (χ2v) is 11.6. The molecule has 4 N–H and O–H groups in total. The Morgan fingerprint density at radius 1 is 0.812 bits per heavy atom. The Morgan fingerprint density at radius 3 is 2.02 bits per heavy atom. The summed E-state index contributed by atoms with van der Waals surface area (Å²) < 4.78 is 0. The first-order valence-electron chi connectivity index (χ1n) is 16.1. The van der Waals surface area contributed by atoms with Crippen LogP contribution >= 0.6 is 11.6 Å². The van der Waals surface area contributed by atoms with Crippen molar-refractivity contribution in [2.45, 2.75) is 65.0 Å². The Bertz CT molecular complexity index is 1550. The molecule has 2 amide bonds. The lowest BCUT2D eigenvalue weighted by molar-refractivity contribution is -0.153. The lowest BCUT2D eigenvalue weighted by Crippen LogP contribution is -2.50. The standard InChI is InChI=1S/C28H30N2O5.C8H10ClN.C3H8/c1-3-24(21-9-5-4-6-10-21)30(2)28(35)26(33)25(32)27(34)29-17-19-13-15-20(16-14-19)23-12-8-7-11-22(23)18-31;1-10-6-7-3-2-4-8(9)5-7;1-3-2/h4-16,18,24-26,32-33H,3,17H2,1-2H3,(H,29,34);2-5,10H,6H2,1H3;3H2,1-2H3. The summed E-state index contributed by atoms with van der Waals surface area (Å²) >= 11 is 5.75. The molecule has 0 bridgehead atoms. The zero-order valence-electron chi connectivity index (χ0n) is 28.4.